The molecule has 3 aromatic carbocycles. The fourth-order valence-electron chi connectivity index (χ4n) is 3.31. The van der Waals surface area contributed by atoms with Crippen molar-refractivity contribution in [3.63, 3.8) is 0 Å². The van der Waals surface area contributed by atoms with Gasteiger partial charge in [-0.25, -0.2) is 5.43 Å². The second kappa shape index (κ2) is 8.55. The first-order valence-corrected chi connectivity index (χ1v) is 10.3. The highest BCUT2D eigenvalue weighted by atomic mass is 79.9. The number of nitrogens with zero attached hydrogens (tertiary/aromatic N) is 2. The van der Waals surface area contributed by atoms with E-state index in [0.717, 1.165) is 37.8 Å². The highest BCUT2D eigenvalue weighted by molar-refractivity contribution is 9.10. The van der Waals surface area contributed by atoms with Gasteiger partial charge in [0.1, 0.15) is 5.69 Å². The fourth-order valence-corrected chi connectivity index (χ4v) is 3.57. The van der Waals surface area contributed by atoms with E-state index >= 15 is 0 Å². The number of aromatic nitrogens is 1. The van der Waals surface area contributed by atoms with E-state index in [9.17, 15) is 4.79 Å². The number of anilines is 1. The number of nitrogens with one attached hydrogen (secondary N) is 2. The molecule has 5 nitrogen and oxygen atoms in total. The Hall–Kier alpha value is -3.38. The van der Waals surface area contributed by atoms with E-state index in [0.29, 0.717) is 5.69 Å². The molecule has 0 fully saturated rings. The molecule has 0 saturated heterocycles. The number of hydrazone groups is 1. The monoisotopic (exact) mass is 460 g/mol. The summed E-state index contributed by atoms with van der Waals surface area (Å²) in [4.78, 5) is 18.3. The highest BCUT2D eigenvalue weighted by Gasteiger charge is 2.19. The van der Waals surface area contributed by atoms with Crippen LogP contribution in [-0.2, 0) is 0 Å². The Bertz CT molecular complexity index is 1210. The van der Waals surface area contributed by atoms with Gasteiger partial charge in [0.2, 0.25) is 0 Å². The molecular weight excluding hydrogens is 440 g/mol. The molecule has 0 saturated carbocycles. The molecule has 0 atom stereocenters. The third-order valence-corrected chi connectivity index (χ3v) is 5.38. The van der Waals surface area contributed by atoms with Crippen LogP contribution in [0.25, 0.3) is 22.0 Å². The summed E-state index contributed by atoms with van der Waals surface area (Å²) < 4.78 is 0.992. The molecule has 6 heteroatoms. The van der Waals surface area contributed by atoms with E-state index in [4.69, 9.17) is 0 Å². The molecule has 0 unspecified atom stereocenters. The predicted octanol–water partition coefficient (Wildman–Crippen LogP) is 5.43. The van der Waals surface area contributed by atoms with Gasteiger partial charge in [0, 0.05) is 40.7 Å². The van der Waals surface area contributed by atoms with Gasteiger partial charge in [-0.05, 0) is 41.5 Å². The second-order valence-electron chi connectivity index (χ2n) is 7.11. The van der Waals surface area contributed by atoms with Crippen LogP contribution in [0.2, 0.25) is 0 Å². The Morgan fingerprint density at radius 1 is 1.00 bits per heavy atom. The standard InChI is InChI=1S/C24H21BrN4O/c1-29(2)19-13-9-17(10-14-19)22-20-5-3-4-6-21(20)27-23(22)24(30)28-26-15-16-7-11-18(25)12-8-16/h3-15,27H,1-2H3,(H,28,30)/b26-15-. The van der Waals surface area contributed by atoms with Crippen LogP contribution in [0.3, 0.4) is 0 Å². The molecule has 4 rings (SSSR count). The lowest BCUT2D eigenvalue weighted by Crippen LogP contribution is -2.18. The number of rotatable bonds is 5. The first-order valence-electron chi connectivity index (χ1n) is 9.50. The lowest BCUT2D eigenvalue weighted by molar-refractivity contribution is 0.0951. The molecule has 1 heterocycles. The van der Waals surface area contributed by atoms with Crippen LogP contribution < -0.4 is 10.3 Å². The molecule has 4 aromatic rings. The Balaban J connectivity index is 1.67. The maximum absolute atomic E-state index is 13.0. The Kier molecular flexibility index (Phi) is 5.68. The van der Waals surface area contributed by atoms with E-state index < -0.39 is 0 Å². The van der Waals surface area contributed by atoms with E-state index in [1.807, 2.05) is 91.8 Å². The largest absolute Gasteiger partial charge is 0.378 e. The number of benzene rings is 3. The molecule has 0 aliphatic heterocycles. The number of fused-ring (bicyclic) bond motifs is 1. The first kappa shape index (κ1) is 19.9. The number of aromatic amines is 1. The normalized spacial score (nSPS) is 11.2. The van der Waals surface area contributed by atoms with Crippen molar-refractivity contribution in [3.8, 4) is 11.1 Å². The number of amides is 1. The summed E-state index contributed by atoms with van der Waals surface area (Å²) in [5, 5.41) is 5.12. The predicted molar refractivity (Wildman–Crippen MR) is 127 cm³/mol. The van der Waals surface area contributed by atoms with E-state index in [1.165, 1.54) is 0 Å². The zero-order valence-electron chi connectivity index (χ0n) is 16.7. The lowest BCUT2D eigenvalue weighted by atomic mass is 10.0. The minimum atomic E-state index is -0.286. The molecule has 0 radical (unpaired) electrons. The molecule has 30 heavy (non-hydrogen) atoms. The summed E-state index contributed by atoms with van der Waals surface area (Å²) in [6.45, 7) is 0. The average molecular weight is 461 g/mol. The van der Waals surface area contributed by atoms with Gasteiger partial charge < -0.3 is 9.88 Å². The Morgan fingerprint density at radius 3 is 2.40 bits per heavy atom. The topological polar surface area (TPSA) is 60.5 Å². The van der Waals surface area contributed by atoms with Gasteiger partial charge in [-0.15, -0.1) is 0 Å². The van der Waals surface area contributed by atoms with Crippen molar-refractivity contribution in [2.45, 2.75) is 0 Å². The van der Waals surface area contributed by atoms with Gasteiger partial charge in [-0.2, -0.15) is 5.10 Å². The zero-order chi connectivity index (χ0) is 21.1. The van der Waals surface area contributed by atoms with Gasteiger partial charge in [0.05, 0.1) is 6.21 Å². The summed E-state index contributed by atoms with van der Waals surface area (Å²) in [7, 11) is 4.01. The lowest BCUT2D eigenvalue weighted by Gasteiger charge is -2.13. The molecule has 150 valence electrons. The smallest absolute Gasteiger partial charge is 0.288 e. The highest BCUT2D eigenvalue weighted by Crippen LogP contribution is 2.33. The number of halogens is 1. The number of H-pyrrole nitrogens is 1. The van der Waals surface area contributed by atoms with Crippen LogP contribution >= 0.6 is 15.9 Å². The number of carbonyl (C=O) groups excluding carboxylic acids is 1. The van der Waals surface area contributed by atoms with Crippen LogP contribution in [-0.4, -0.2) is 31.2 Å². The van der Waals surface area contributed by atoms with Crippen LogP contribution in [0.1, 0.15) is 16.1 Å². The van der Waals surface area contributed by atoms with Crippen LogP contribution in [0.15, 0.2) is 82.4 Å². The summed E-state index contributed by atoms with van der Waals surface area (Å²) in [5.41, 5.74) is 7.88. The fraction of sp³-hybridized carbons (Fsp3) is 0.0833. The molecule has 0 spiro atoms. The number of hydrogen-bond acceptors (Lipinski definition) is 3. The Labute approximate surface area is 183 Å². The quantitative estimate of drug-likeness (QED) is 0.308. The van der Waals surface area contributed by atoms with Crippen LogP contribution in [0.5, 0.6) is 0 Å². The second-order valence-corrected chi connectivity index (χ2v) is 8.03. The van der Waals surface area contributed by atoms with Gasteiger partial charge >= 0.3 is 0 Å². The third kappa shape index (κ3) is 4.14. The number of hydrogen-bond donors (Lipinski definition) is 2. The molecule has 0 aliphatic rings. The van der Waals surface area contributed by atoms with Crippen molar-refractivity contribution >= 4 is 44.6 Å². The molecular formula is C24H21BrN4O. The zero-order valence-corrected chi connectivity index (χ0v) is 18.3. The van der Waals surface area contributed by atoms with Crippen molar-refractivity contribution in [1.29, 1.82) is 0 Å². The first-order chi connectivity index (χ1) is 14.5. The molecule has 0 aliphatic carbocycles. The minimum absolute atomic E-state index is 0.286. The molecule has 0 bridgehead atoms. The SMILES string of the molecule is CN(C)c1ccc(-c2c(C(=O)N/N=C\c3ccc(Br)cc3)[nH]c3ccccc23)cc1. The average Bonchev–Trinajstić information content (AvgIpc) is 3.15. The minimum Gasteiger partial charge on any atom is -0.378 e. The van der Waals surface area contributed by atoms with Crippen molar-refractivity contribution in [2.75, 3.05) is 19.0 Å². The van der Waals surface area contributed by atoms with Gasteiger partial charge in [-0.1, -0.05) is 58.4 Å². The summed E-state index contributed by atoms with van der Waals surface area (Å²) in [6.07, 6.45) is 1.62. The van der Waals surface area contributed by atoms with E-state index in [2.05, 4.69) is 31.4 Å². The van der Waals surface area contributed by atoms with Gasteiger partial charge in [0.25, 0.3) is 5.91 Å². The maximum Gasteiger partial charge on any atom is 0.288 e. The third-order valence-electron chi connectivity index (χ3n) is 4.86. The van der Waals surface area contributed by atoms with E-state index in [1.54, 1.807) is 6.21 Å². The van der Waals surface area contributed by atoms with Gasteiger partial charge in [-0.3, -0.25) is 4.79 Å². The molecule has 2 N–H and O–H groups in total. The number of para-hydroxylation sites is 1. The summed E-state index contributed by atoms with van der Waals surface area (Å²) in [5.74, 6) is -0.286. The number of carbonyl (C=O) groups is 1. The van der Waals surface area contributed by atoms with Crippen molar-refractivity contribution in [2.24, 2.45) is 5.10 Å². The van der Waals surface area contributed by atoms with Crippen LogP contribution in [0.4, 0.5) is 5.69 Å². The van der Waals surface area contributed by atoms with Crippen molar-refractivity contribution < 1.29 is 4.79 Å². The Morgan fingerprint density at radius 2 is 1.70 bits per heavy atom. The summed E-state index contributed by atoms with van der Waals surface area (Å²) >= 11 is 3.41. The van der Waals surface area contributed by atoms with Gasteiger partial charge in [0.15, 0.2) is 0 Å². The maximum atomic E-state index is 13.0. The van der Waals surface area contributed by atoms with E-state index in [-0.39, 0.29) is 5.91 Å². The molecule has 1 amide bonds. The molecule has 1 aromatic heterocycles. The van der Waals surface area contributed by atoms with Crippen molar-refractivity contribution in [1.82, 2.24) is 10.4 Å². The van der Waals surface area contributed by atoms with Crippen molar-refractivity contribution in [3.05, 3.63) is 88.5 Å². The summed E-state index contributed by atoms with van der Waals surface area (Å²) in [6, 6.07) is 23.8. The van der Waals surface area contributed by atoms with Crippen LogP contribution in [0, 0.1) is 0 Å².